The van der Waals surface area contributed by atoms with Gasteiger partial charge in [0.1, 0.15) is 36.7 Å². The predicted molar refractivity (Wildman–Crippen MR) is 261 cm³/mol. The Morgan fingerprint density at radius 2 is 1.06 bits per heavy atom. The highest BCUT2D eigenvalue weighted by Crippen LogP contribution is 2.34. The van der Waals surface area contributed by atoms with Crippen LogP contribution in [0.5, 0.6) is 0 Å². The molecule has 0 unspecified atom stereocenters. The number of esters is 4. The third kappa shape index (κ3) is 27.8. The van der Waals surface area contributed by atoms with Crippen LogP contribution in [0.25, 0.3) is 0 Å². The Morgan fingerprint density at radius 1 is 0.621 bits per heavy atom. The molecule has 1 amide bonds. The van der Waals surface area contributed by atoms with Gasteiger partial charge in [-0.15, -0.1) is 0 Å². The lowest BCUT2D eigenvalue weighted by Gasteiger charge is -2.37. The van der Waals surface area contributed by atoms with Crippen LogP contribution in [0.3, 0.4) is 0 Å². The number of unbranched alkanes of at least 4 members (excludes halogenated alkanes) is 19. The molecular weight excluding hydrogens is 841 g/mol. The SMILES string of the molecule is CCCCCCCCCCC[C@@H](C[C@@H]1OC(=O)[C@H]1CC)OC(=O)[C@H](C)NC=O.CCCCCCCCCCC[C@@H](C[C@@H]1OC(=O)[C@H]1CCCCCC)OC(=O)[C@@H](CC=O)CCCN=C(N)N. The topological polar surface area (TPSA) is 216 Å². The first kappa shape index (κ1) is 60.3. The van der Waals surface area contributed by atoms with Crippen LogP contribution in [-0.4, -0.2) is 79.5 Å². The summed E-state index contributed by atoms with van der Waals surface area (Å²) in [5.41, 5.74) is 10.7. The fourth-order valence-corrected chi connectivity index (χ4v) is 8.77. The molecule has 8 atom stereocenters. The number of rotatable bonds is 42. The van der Waals surface area contributed by atoms with Crippen LogP contribution in [0.15, 0.2) is 4.99 Å². The smallest absolute Gasteiger partial charge is 0.328 e. The summed E-state index contributed by atoms with van der Waals surface area (Å²) < 4.78 is 22.3. The summed E-state index contributed by atoms with van der Waals surface area (Å²) >= 11 is 0. The highest BCUT2D eigenvalue weighted by atomic mass is 16.6. The summed E-state index contributed by atoms with van der Waals surface area (Å²) in [6.07, 6.45) is 32.3. The summed E-state index contributed by atoms with van der Waals surface area (Å²) in [6, 6.07) is -0.672. The molecule has 2 heterocycles. The van der Waals surface area contributed by atoms with Crippen LogP contribution in [-0.2, 0) is 47.7 Å². The van der Waals surface area contributed by atoms with Crippen molar-refractivity contribution in [1.82, 2.24) is 5.32 Å². The zero-order chi connectivity index (χ0) is 48.8. The standard InChI is InChI=1S/C30H55N3O5.C22H39NO5/c1-3-5-7-9-10-11-12-13-14-18-25(23-27-26(29(36)38-27)19-15-8-6-4-2)37-28(35)24(20-22-34)17-16-21-33-30(31)32;1-4-6-7-8-9-10-11-12-13-14-18(27-21(25)17(3)23-16-24)15-20-19(5-2)22(26)28-20/h22,24-27H,3-21,23H2,1-2H3,(H4,31,32,33);16-20H,4-15H2,1-3H3,(H,23,24)/t24-,25+,26+,27+;17-,18-,19-,20-/m10/s1. The molecule has 2 aliphatic rings. The van der Waals surface area contributed by atoms with Crippen LogP contribution >= 0.6 is 0 Å². The number of aliphatic imine (C=N–C) groups is 1. The van der Waals surface area contributed by atoms with Crippen molar-refractivity contribution in [2.45, 2.75) is 264 Å². The number of cyclic esters (lactones) is 2. The van der Waals surface area contributed by atoms with Gasteiger partial charge >= 0.3 is 23.9 Å². The highest BCUT2D eigenvalue weighted by molar-refractivity contribution is 5.80. The molecule has 0 aromatic rings. The van der Waals surface area contributed by atoms with Crippen molar-refractivity contribution in [1.29, 1.82) is 0 Å². The van der Waals surface area contributed by atoms with E-state index in [2.05, 4.69) is 31.1 Å². The Labute approximate surface area is 399 Å². The molecule has 382 valence electrons. The van der Waals surface area contributed by atoms with E-state index >= 15 is 0 Å². The zero-order valence-corrected chi connectivity index (χ0v) is 42.1. The van der Waals surface area contributed by atoms with E-state index in [0.29, 0.717) is 38.6 Å². The summed E-state index contributed by atoms with van der Waals surface area (Å²) in [4.78, 5) is 74.6. The number of amides is 1. The number of aldehydes is 1. The minimum atomic E-state index is -0.672. The molecule has 2 fully saturated rings. The van der Waals surface area contributed by atoms with E-state index in [1.54, 1.807) is 6.92 Å². The number of hydrogen-bond donors (Lipinski definition) is 3. The van der Waals surface area contributed by atoms with E-state index in [1.807, 2.05) is 6.92 Å². The Balaban J connectivity index is 0.000000691. The minimum Gasteiger partial charge on any atom is -0.462 e. The third-order valence-corrected chi connectivity index (χ3v) is 13.1. The Kier molecular flexibility index (Phi) is 35.9. The largest absolute Gasteiger partial charge is 0.462 e. The number of guanidine groups is 1. The number of ether oxygens (including phenoxy) is 4. The van der Waals surface area contributed by atoms with Gasteiger partial charge in [-0.25, -0.2) is 4.79 Å². The second kappa shape index (κ2) is 39.3. The zero-order valence-electron chi connectivity index (χ0n) is 42.1. The highest BCUT2D eigenvalue weighted by Gasteiger charge is 2.44. The monoisotopic (exact) mass is 935 g/mol. The Bertz CT molecular complexity index is 1340. The summed E-state index contributed by atoms with van der Waals surface area (Å²) in [5.74, 6) is -1.76. The van der Waals surface area contributed by atoms with Gasteiger partial charge in [-0.05, 0) is 58.3 Å². The maximum absolute atomic E-state index is 13.0. The van der Waals surface area contributed by atoms with Crippen LogP contribution < -0.4 is 16.8 Å². The number of nitrogens with zero attached hydrogens (tertiary/aromatic N) is 1. The summed E-state index contributed by atoms with van der Waals surface area (Å²) in [7, 11) is 0. The second-order valence-electron chi connectivity index (χ2n) is 18.8. The number of carbonyl (C=O) groups is 6. The average molecular weight is 935 g/mol. The van der Waals surface area contributed by atoms with Gasteiger partial charge in [0.05, 0.1) is 17.8 Å². The first-order valence-electron chi connectivity index (χ1n) is 26.5. The van der Waals surface area contributed by atoms with Gasteiger partial charge in [0.2, 0.25) is 6.41 Å². The molecule has 0 radical (unpaired) electrons. The van der Waals surface area contributed by atoms with Gasteiger partial charge in [-0.1, -0.05) is 156 Å². The predicted octanol–water partition coefficient (Wildman–Crippen LogP) is 10.3. The summed E-state index contributed by atoms with van der Waals surface area (Å²) in [5, 5.41) is 2.42. The first-order valence-corrected chi connectivity index (χ1v) is 26.5. The molecule has 0 spiro atoms. The van der Waals surface area contributed by atoms with Crippen molar-refractivity contribution in [3.63, 3.8) is 0 Å². The number of nitrogens with two attached hydrogens (primary N) is 2. The van der Waals surface area contributed by atoms with Gasteiger partial charge in [0.15, 0.2) is 5.96 Å². The molecule has 0 aromatic heterocycles. The molecule has 0 bridgehead atoms. The van der Waals surface area contributed by atoms with Crippen molar-refractivity contribution >= 4 is 42.5 Å². The Hall–Kier alpha value is -3.71. The van der Waals surface area contributed by atoms with Crippen LogP contribution in [0.2, 0.25) is 0 Å². The van der Waals surface area contributed by atoms with Crippen molar-refractivity contribution in [3.05, 3.63) is 0 Å². The van der Waals surface area contributed by atoms with Crippen molar-refractivity contribution < 1.29 is 47.7 Å². The van der Waals surface area contributed by atoms with E-state index in [0.717, 1.165) is 76.9 Å². The fraction of sp³-hybridized carbons (Fsp3) is 0.865. The lowest BCUT2D eigenvalue weighted by Crippen LogP contribution is -2.47. The van der Waals surface area contributed by atoms with Crippen molar-refractivity contribution in [2.75, 3.05) is 6.54 Å². The van der Waals surface area contributed by atoms with Crippen LogP contribution in [0.1, 0.15) is 234 Å². The molecule has 0 aliphatic carbocycles. The molecule has 2 rings (SSSR count). The van der Waals surface area contributed by atoms with Crippen LogP contribution in [0, 0.1) is 17.8 Å². The fourth-order valence-electron chi connectivity index (χ4n) is 8.77. The molecule has 2 saturated heterocycles. The van der Waals surface area contributed by atoms with Crippen molar-refractivity contribution in [3.8, 4) is 0 Å². The minimum absolute atomic E-state index is 0.0137. The van der Waals surface area contributed by atoms with E-state index in [4.69, 9.17) is 30.4 Å². The molecular formula is C52H94N4O10. The van der Waals surface area contributed by atoms with E-state index in [-0.39, 0.29) is 66.5 Å². The molecule has 2 aliphatic heterocycles. The molecule has 0 aromatic carbocycles. The van der Waals surface area contributed by atoms with Crippen molar-refractivity contribution in [2.24, 2.45) is 34.2 Å². The van der Waals surface area contributed by atoms with E-state index in [1.165, 1.54) is 96.3 Å². The normalized spacial score (nSPS) is 19.2. The van der Waals surface area contributed by atoms with Gasteiger partial charge in [-0.3, -0.25) is 24.2 Å². The Morgan fingerprint density at radius 3 is 1.48 bits per heavy atom. The molecule has 66 heavy (non-hydrogen) atoms. The quantitative estimate of drug-likeness (QED) is 0.0130. The van der Waals surface area contributed by atoms with Gasteiger partial charge in [0.25, 0.3) is 0 Å². The molecule has 0 saturated carbocycles. The second-order valence-corrected chi connectivity index (χ2v) is 18.8. The summed E-state index contributed by atoms with van der Waals surface area (Å²) in [6.45, 7) is 10.6. The first-order chi connectivity index (χ1) is 31.9. The van der Waals surface area contributed by atoms with Gasteiger partial charge in [-0.2, -0.15) is 0 Å². The average Bonchev–Trinajstić information content (AvgIpc) is 3.28. The maximum atomic E-state index is 13.0. The lowest BCUT2D eigenvalue weighted by molar-refractivity contribution is -0.191. The lowest BCUT2D eigenvalue weighted by atomic mass is 9.86. The molecule has 14 nitrogen and oxygen atoms in total. The molecule has 5 N–H and O–H groups in total. The number of hydrogen-bond acceptors (Lipinski definition) is 11. The van der Waals surface area contributed by atoms with E-state index in [9.17, 15) is 28.8 Å². The van der Waals surface area contributed by atoms with Gasteiger partial charge < -0.3 is 40.5 Å². The van der Waals surface area contributed by atoms with Crippen LogP contribution in [0.4, 0.5) is 0 Å². The third-order valence-electron chi connectivity index (χ3n) is 13.1. The number of nitrogens with one attached hydrogen (secondary N) is 1. The van der Waals surface area contributed by atoms with E-state index < -0.39 is 17.9 Å². The maximum Gasteiger partial charge on any atom is 0.328 e. The molecule has 14 heteroatoms. The number of carbonyl (C=O) groups excluding carboxylic acids is 6. The van der Waals surface area contributed by atoms with Gasteiger partial charge in [0, 0.05) is 25.8 Å².